The minimum absolute atomic E-state index is 0.154. The van der Waals surface area contributed by atoms with Crippen molar-refractivity contribution in [2.45, 2.75) is 24.5 Å². The Hall–Kier alpha value is -7.16. The summed E-state index contributed by atoms with van der Waals surface area (Å²) in [6, 6.07) is 71.2. The number of hydrogen-bond acceptors (Lipinski definition) is 2. The SMILES string of the molecule is [2H]C([2H])([2H])C1(C([2H])([2H])[2H])c2ccccc2-c2c(-c3ccccc3)oc(-c3cccc(N(c4ccccc4)c4ccc5c(c4)C(c4ccccc4)(c4ccccc4)c4ccccc4-5)c3)c21. The lowest BCUT2D eigenvalue weighted by Gasteiger charge is -2.35. The molecule has 0 saturated carbocycles. The Morgan fingerprint density at radius 2 is 0.948 bits per heavy atom. The monoisotopic (exact) mass is 749 g/mol. The number of para-hydroxylation sites is 1. The summed E-state index contributed by atoms with van der Waals surface area (Å²) < 4.78 is 61.5. The predicted molar refractivity (Wildman–Crippen MR) is 239 cm³/mol. The van der Waals surface area contributed by atoms with Crippen molar-refractivity contribution in [1.29, 1.82) is 0 Å². The van der Waals surface area contributed by atoms with E-state index in [4.69, 9.17) is 12.6 Å². The zero-order valence-corrected chi connectivity index (χ0v) is 31.6. The summed E-state index contributed by atoms with van der Waals surface area (Å²) in [7, 11) is 0. The number of anilines is 3. The smallest absolute Gasteiger partial charge is 0.142 e. The minimum atomic E-state index is -2.98. The molecule has 8 aromatic carbocycles. The first-order valence-corrected chi connectivity index (χ1v) is 19.7. The van der Waals surface area contributed by atoms with Crippen LogP contribution in [0.3, 0.4) is 0 Å². The van der Waals surface area contributed by atoms with Crippen LogP contribution in [0, 0.1) is 0 Å². The van der Waals surface area contributed by atoms with E-state index in [2.05, 4.69) is 120 Å². The predicted octanol–water partition coefficient (Wildman–Crippen LogP) is 14.8. The Morgan fingerprint density at radius 3 is 1.64 bits per heavy atom. The lowest BCUT2D eigenvalue weighted by molar-refractivity contribution is 0.575. The largest absolute Gasteiger partial charge is 0.455 e. The molecule has 2 heteroatoms. The third-order valence-corrected chi connectivity index (χ3v) is 12.0. The normalized spacial score (nSPS) is 15.9. The van der Waals surface area contributed by atoms with E-state index in [-0.39, 0.29) is 16.9 Å². The zero-order valence-electron chi connectivity index (χ0n) is 37.6. The maximum atomic E-state index is 9.09. The third kappa shape index (κ3) is 4.98. The Morgan fingerprint density at radius 1 is 0.414 bits per heavy atom. The van der Waals surface area contributed by atoms with Crippen molar-refractivity contribution in [3.8, 4) is 44.9 Å². The molecule has 0 saturated heterocycles. The standard InChI is InChI=1S/C56H41NO/c1-55(2)48-32-17-16-31-47(48)51-52(55)54(58-53(51)38-20-7-3-8-21-38)39-22-19-29-43(36-39)57(42-27-13-6-14-28-42)44-34-35-46-45-30-15-18-33-49(45)56(50(46)37-44,40-23-9-4-10-24-40)41-25-11-5-12-26-41/h3-37H,1-2H3/i1D3,2D3. The highest BCUT2D eigenvalue weighted by Crippen LogP contribution is 2.59. The van der Waals surface area contributed by atoms with Gasteiger partial charge in [-0.05, 0) is 80.9 Å². The second-order valence-electron chi connectivity index (χ2n) is 15.2. The van der Waals surface area contributed by atoms with E-state index >= 15 is 0 Å². The van der Waals surface area contributed by atoms with E-state index in [1.54, 1.807) is 12.1 Å². The minimum Gasteiger partial charge on any atom is -0.455 e. The highest BCUT2D eigenvalue weighted by atomic mass is 16.3. The number of nitrogens with zero attached hydrogens (tertiary/aromatic N) is 1. The molecule has 2 nitrogen and oxygen atoms in total. The van der Waals surface area contributed by atoms with Crippen LogP contribution in [0.1, 0.15) is 55.3 Å². The van der Waals surface area contributed by atoms with Crippen LogP contribution in [-0.2, 0) is 10.8 Å². The highest BCUT2D eigenvalue weighted by molar-refractivity contribution is 5.96. The van der Waals surface area contributed by atoms with Gasteiger partial charge in [-0.3, -0.25) is 0 Å². The molecular formula is C56H41NO. The maximum Gasteiger partial charge on any atom is 0.142 e. The molecule has 0 bridgehead atoms. The van der Waals surface area contributed by atoms with Gasteiger partial charge >= 0.3 is 0 Å². The van der Waals surface area contributed by atoms with Gasteiger partial charge in [0.05, 0.1) is 5.41 Å². The average molecular weight is 750 g/mol. The van der Waals surface area contributed by atoms with E-state index in [1.165, 1.54) is 11.1 Å². The van der Waals surface area contributed by atoms with Crippen molar-refractivity contribution in [2.24, 2.45) is 0 Å². The van der Waals surface area contributed by atoms with Crippen LogP contribution in [0.5, 0.6) is 0 Å². The first-order chi connectivity index (χ1) is 31.0. The fraction of sp³-hybridized carbons (Fsp3) is 0.0714. The maximum absolute atomic E-state index is 9.09. The van der Waals surface area contributed by atoms with Crippen LogP contribution in [0.15, 0.2) is 217 Å². The molecular weight excluding hydrogens is 703 g/mol. The molecule has 1 aromatic heterocycles. The molecule has 9 aromatic rings. The van der Waals surface area contributed by atoms with Gasteiger partial charge in [0.15, 0.2) is 0 Å². The number of rotatable bonds is 7. The van der Waals surface area contributed by atoms with Crippen molar-refractivity contribution in [3.63, 3.8) is 0 Å². The van der Waals surface area contributed by atoms with E-state index < -0.39 is 24.5 Å². The summed E-state index contributed by atoms with van der Waals surface area (Å²) in [6.45, 7) is -5.96. The lowest BCUT2D eigenvalue weighted by atomic mass is 9.67. The molecule has 0 N–H and O–H groups in total. The summed E-state index contributed by atoms with van der Waals surface area (Å²) in [5.74, 6) is 0.638. The first kappa shape index (κ1) is 28.3. The Labute approximate surface area is 348 Å². The quantitative estimate of drug-likeness (QED) is 0.161. The number of benzene rings is 8. The zero-order chi connectivity index (χ0) is 43.8. The number of hydrogen-bond donors (Lipinski definition) is 0. The second kappa shape index (κ2) is 13.2. The summed E-state index contributed by atoms with van der Waals surface area (Å²) in [6.07, 6.45) is 0. The van der Waals surface area contributed by atoms with E-state index in [1.807, 2.05) is 84.9 Å². The van der Waals surface area contributed by atoms with E-state index in [9.17, 15) is 0 Å². The average Bonchev–Trinajstić information content (AvgIpc) is 3.96. The summed E-state index contributed by atoms with van der Waals surface area (Å²) in [5.41, 5.74) is 9.30. The van der Waals surface area contributed by atoms with E-state index in [0.29, 0.717) is 28.0 Å². The Bertz CT molecular complexity index is 3140. The molecule has 0 amide bonds. The van der Waals surface area contributed by atoms with E-state index in [0.717, 1.165) is 39.3 Å². The number of furan rings is 1. The van der Waals surface area contributed by atoms with Crippen LogP contribution in [0.2, 0.25) is 0 Å². The van der Waals surface area contributed by atoms with Gasteiger partial charge in [-0.15, -0.1) is 0 Å². The van der Waals surface area contributed by atoms with Crippen LogP contribution in [-0.4, -0.2) is 0 Å². The van der Waals surface area contributed by atoms with Gasteiger partial charge in [0.25, 0.3) is 0 Å². The molecule has 58 heavy (non-hydrogen) atoms. The lowest BCUT2D eigenvalue weighted by Crippen LogP contribution is -2.28. The summed E-state index contributed by atoms with van der Waals surface area (Å²) in [5, 5.41) is 0. The third-order valence-electron chi connectivity index (χ3n) is 12.0. The summed E-state index contributed by atoms with van der Waals surface area (Å²) >= 11 is 0. The van der Waals surface area contributed by atoms with Gasteiger partial charge in [0.2, 0.25) is 0 Å². The molecule has 0 spiro atoms. The molecule has 2 aliphatic rings. The fourth-order valence-corrected chi connectivity index (χ4v) is 9.59. The van der Waals surface area contributed by atoms with Crippen LogP contribution in [0.25, 0.3) is 44.9 Å². The number of fused-ring (bicyclic) bond motifs is 6. The van der Waals surface area contributed by atoms with Crippen molar-refractivity contribution in [1.82, 2.24) is 0 Å². The van der Waals surface area contributed by atoms with Gasteiger partial charge in [-0.1, -0.05) is 190 Å². The molecule has 2 aliphatic carbocycles. The molecule has 0 radical (unpaired) electrons. The Balaban J connectivity index is 1.16. The van der Waals surface area contributed by atoms with Crippen LogP contribution in [0.4, 0.5) is 17.1 Å². The molecule has 0 unspecified atom stereocenters. The molecule has 0 fully saturated rings. The highest BCUT2D eigenvalue weighted by Gasteiger charge is 2.46. The van der Waals surface area contributed by atoms with Crippen molar-refractivity contribution in [3.05, 3.63) is 246 Å². The van der Waals surface area contributed by atoms with Crippen molar-refractivity contribution >= 4 is 17.1 Å². The molecule has 276 valence electrons. The van der Waals surface area contributed by atoms with Gasteiger partial charge in [-0.25, -0.2) is 0 Å². The fourth-order valence-electron chi connectivity index (χ4n) is 9.59. The topological polar surface area (TPSA) is 16.4 Å². The molecule has 11 rings (SSSR count). The summed E-state index contributed by atoms with van der Waals surface area (Å²) in [4.78, 5) is 2.20. The van der Waals surface area contributed by atoms with Crippen molar-refractivity contribution < 1.29 is 12.6 Å². The van der Waals surface area contributed by atoms with Crippen LogP contribution >= 0.6 is 0 Å². The van der Waals surface area contributed by atoms with Gasteiger partial charge in [0.1, 0.15) is 11.5 Å². The van der Waals surface area contributed by atoms with Gasteiger partial charge in [-0.2, -0.15) is 0 Å². The van der Waals surface area contributed by atoms with Gasteiger partial charge in [0, 0.05) is 53.0 Å². The first-order valence-electron chi connectivity index (χ1n) is 22.7. The van der Waals surface area contributed by atoms with Crippen LogP contribution < -0.4 is 4.90 Å². The molecule has 1 heterocycles. The van der Waals surface area contributed by atoms with Gasteiger partial charge < -0.3 is 9.32 Å². The van der Waals surface area contributed by atoms with Crippen molar-refractivity contribution in [2.75, 3.05) is 4.90 Å². The Kier molecular flexibility index (Phi) is 6.44. The molecule has 0 atom stereocenters. The second-order valence-corrected chi connectivity index (χ2v) is 15.2. The molecule has 0 aliphatic heterocycles.